The number of carbonyl (C=O) groups excluding carboxylic acids is 1. The van der Waals surface area contributed by atoms with Gasteiger partial charge >= 0.3 is 0 Å². The number of hydrogen-bond donors (Lipinski definition) is 1. The van der Waals surface area contributed by atoms with E-state index in [4.69, 9.17) is 4.74 Å². The summed E-state index contributed by atoms with van der Waals surface area (Å²) in [5, 5.41) is 1.15. The van der Waals surface area contributed by atoms with E-state index < -0.39 is 5.82 Å². The Morgan fingerprint density at radius 1 is 1.30 bits per heavy atom. The molecule has 2 heterocycles. The first-order valence-electron chi connectivity index (χ1n) is 8.80. The number of ether oxygens (including phenoxy) is 1. The molecule has 3 aromatic rings. The standard InChI is InChI=1S/C22H19FN2O2/c1-3-6-20(26)25-12-11-16-15-7-4-5-8-18(15)24-21(16)22(25)14-9-10-17(23)19(13-14)27-2/h4-5,7-10,13,22,24H,11-12H2,1-2H3/t22-/m0/s1. The van der Waals surface area contributed by atoms with Gasteiger partial charge in [0.15, 0.2) is 11.6 Å². The number of para-hydroxylation sites is 1. The number of nitrogens with zero attached hydrogens (tertiary/aromatic N) is 1. The predicted octanol–water partition coefficient (Wildman–Crippen LogP) is 3.81. The highest BCUT2D eigenvalue weighted by Crippen LogP contribution is 2.39. The Kier molecular flexibility index (Phi) is 4.33. The Hall–Kier alpha value is -3.26. The van der Waals surface area contributed by atoms with Crippen molar-refractivity contribution in [1.82, 2.24) is 9.88 Å². The fourth-order valence-electron chi connectivity index (χ4n) is 3.83. The molecule has 1 atom stereocenters. The lowest BCUT2D eigenvalue weighted by atomic mass is 9.92. The molecule has 0 unspecified atom stereocenters. The highest BCUT2D eigenvalue weighted by atomic mass is 19.1. The van der Waals surface area contributed by atoms with Crippen LogP contribution in [-0.4, -0.2) is 29.4 Å². The number of aromatic amines is 1. The van der Waals surface area contributed by atoms with Gasteiger partial charge in [0.05, 0.1) is 13.2 Å². The highest BCUT2D eigenvalue weighted by molar-refractivity contribution is 5.95. The molecule has 0 fully saturated rings. The molecule has 5 heteroatoms. The molecule has 1 amide bonds. The molecular weight excluding hydrogens is 343 g/mol. The molecule has 0 saturated carbocycles. The zero-order chi connectivity index (χ0) is 19.0. The van der Waals surface area contributed by atoms with Crippen LogP contribution in [0.25, 0.3) is 10.9 Å². The van der Waals surface area contributed by atoms with Gasteiger partial charge < -0.3 is 14.6 Å². The topological polar surface area (TPSA) is 45.3 Å². The molecule has 4 nitrogen and oxygen atoms in total. The van der Waals surface area contributed by atoms with Gasteiger partial charge in [0, 0.05) is 23.1 Å². The smallest absolute Gasteiger partial charge is 0.299 e. The van der Waals surface area contributed by atoms with Gasteiger partial charge in [-0.15, -0.1) is 0 Å². The first kappa shape index (κ1) is 17.2. The van der Waals surface area contributed by atoms with Crippen molar-refractivity contribution in [2.45, 2.75) is 19.4 Å². The average molecular weight is 362 g/mol. The second-order valence-electron chi connectivity index (χ2n) is 6.48. The lowest BCUT2D eigenvalue weighted by molar-refractivity contribution is -0.127. The van der Waals surface area contributed by atoms with E-state index >= 15 is 0 Å². The summed E-state index contributed by atoms with van der Waals surface area (Å²) in [6.07, 6.45) is 0.741. The van der Waals surface area contributed by atoms with Crippen molar-refractivity contribution in [2.24, 2.45) is 0 Å². The molecule has 136 valence electrons. The third kappa shape index (κ3) is 2.83. The van der Waals surface area contributed by atoms with Crippen LogP contribution >= 0.6 is 0 Å². The van der Waals surface area contributed by atoms with E-state index in [0.29, 0.717) is 6.54 Å². The minimum atomic E-state index is -0.430. The zero-order valence-corrected chi connectivity index (χ0v) is 15.2. The molecule has 0 spiro atoms. The molecule has 0 radical (unpaired) electrons. The van der Waals surface area contributed by atoms with Crippen LogP contribution in [-0.2, 0) is 11.2 Å². The molecule has 1 aromatic heterocycles. The lowest BCUT2D eigenvalue weighted by Crippen LogP contribution is -2.40. The summed E-state index contributed by atoms with van der Waals surface area (Å²) in [5.41, 5.74) is 3.94. The maximum atomic E-state index is 13.9. The van der Waals surface area contributed by atoms with Crippen molar-refractivity contribution in [3.63, 3.8) is 0 Å². The summed E-state index contributed by atoms with van der Waals surface area (Å²) in [6.45, 7) is 2.19. The number of benzene rings is 2. The Morgan fingerprint density at radius 3 is 2.89 bits per heavy atom. The van der Waals surface area contributed by atoms with Gasteiger partial charge in [-0.25, -0.2) is 4.39 Å². The van der Waals surface area contributed by atoms with Crippen LogP contribution in [0.1, 0.15) is 29.8 Å². The third-order valence-electron chi connectivity index (χ3n) is 5.02. The number of methoxy groups -OCH3 is 1. The number of halogens is 1. The quantitative estimate of drug-likeness (QED) is 0.705. The molecule has 1 N–H and O–H groups in total. The van der Waals surface area contributed by atoms with Gasteiger partial charge in [-0.2, -0.15) is 0 Å². The second kappa shape index (κ2) is 6.81. The third-order valence-corrected chi connectivity index (χ3v) is 5.02. The molecule has 0 bridgehead atoms. The van der Waals surface area contributed by atoms with Gasteiger partial charge in [-0.1, -0.05) is 30.2 Å². The number of rotatable bonds is 2. The molecule has 0 saturated heterocycles. The number of H-pyrrole nitrogens is 1. The summed E-state index contributed by atoms with van der Waals surface area (Å²) < 4.78 is 19.1. The van der Waals surface area contributed by atoms with Crippen molar-refractivity contribution >= 4 is 16.8 Å². The number of nitrogens with one attached hydrogen (secondary N) is 1. The Bertz CT molecular complexity index is 1090. The van der Waals surface area contributed by atoms with Gasteiger partial charge in [-0.05, 0) is 48.6 Å². The molecular formula is C22H19FN2O2. The number of aromatic nitrogens is 1. The van der Waals surface area contributed by atoms with Crippen molar-refractivity contribution in [2.75, 3.05) is 13.7 Å². The summed E-state index contributed by atoms with van der Waals surface area (Å²) >= 11 is 0. The van der Waals surface area contributed by atoms with Gasteiger partial charge in [0.2, 0.25) is 0 Å². The second-order valence-corrected chi connectivity index (χ2v) is 6.48. The van der Waals surface area contributed by atoms with E-state index in [9.17, 15) is 9.18 Å². The largest absolute Gasteiger partial charge is 0.494 e. The zero-order valence-electron chi connectivity index (χ0n) is 15.2. The van der Waals surface area contributed by atoms with Crippen molar-refractivity contribution in [3.05, 3.63) is 65.1 Å². The monoisotopic (exact) mass is 362 g/mol. The van der Waals surface area contributed by atoms with E-state index in [2.05, 4.69) is 22.9 Å². The summed E-state index contributed by atoms with van der Waals surface area (Å²) in [5.74, 6) is 4.81. The van der Waals surface area contributed by atoms with Gasteiger partial charge in [0.25, 0.3) is 5.91 Å². The van der Waals surface area contributed by atoms with Crippen LogP contribution in [0.3, 0.4) is 0 Å². The predicted molar refractivity (Wildman–Crippen MR) is 102 cm³/mol. The average Bonchev–Trinajstić information content (AvgIpc) is 3.06. The number of hydrogen-bond acceptors (Lipinski definition) is 2. The molecule has 4 rings (SSSR count). The fraction of sp³-hybridized carbons (Fsp3) is 0.227. The van der Waals surface area contributed by atoms with Crippen LogP contribution in [0.2, 0.25) is 0 Å². The Balaban J connectivity index is 1.92. The van der Waals surface area contributed by atoms with E-state index in [0.717, 1.165) is 28.6 Å². The first-order valence-corrected chi connectivity index (χ1v) is 8.80. The summed E-state index contributed by atoms with van der Waals surface area (Å²) in [4.78, 5) is 17.9. The number of fused-ring (bicyclic) bond motifs is 3. The summed E-state index contributed by atoms with van der Waals surface area (Å²) in [7, 11) is 1.43. The number of amides is 1. The normalized spacial score (nSPS) is 15.8. The summed E-state index contributed by atoms with van der Waals surface area (Å²) in [6, 6.07) is 12.4. The maximum absolute atomic E-state index is 13.9. The first-order chi connectivity index (χ1) is 13.1. The van der Waals surface area contributed by atoms with Crippen molar-refractivity contribution < 1.29 is 13.9 Å². The van der Waals surface area contributed by atoms with Crippen LogP contribution < -0.4 is 4.74 Å². The molecule has 0 aliphatic carbocycles. The molecule has 2 aromatic carbocycles. The maximum Gasteiger partial charge on any atom is 0.299 e. The minimum Gasteiger partial charge on any atom is -0.494 e. The van der Waals surface area contributed by atoms with E-state index in [-0.39, 0.29) is 17.7 Å². The van der Waals surface area contributed by atoms with Crippen LogP contribution in [0.5, 0.6) is 5.75 Å². The molecule has 27 heavy (non-hydrogen) atoms. The van der Waals surface area contributed by atoms with Gasteiger partial charge in [-0.3, -0.25) is 4.79 Å². The van der Waals surface area contributed by atoms with E-state index in [1.54, 1.807) is 24.0 Å². The minimum absolute atomic E-state index is 0.157. The lowest BCUT2D eigenvalue weighted by Gasteiger charge is -2.35. The Morgan fingerprint density at radius 2 is 2.11 bits per heavy atom. The van der Waals surface area contributed by atoms with Crippen LogP contribution in [0, 0.1) is 17.7 Å². The molecule has 1 aliphatic heterocycles. The fourth-order valence-corrected chi connectivity index (χ4v) is 3.83. The van der Waals surface area contributed by atoms with Crippen molar-refractivity contribution in [1.29, 1.82) is 0 Å². The van der Waals surface area contributed by atoms with Crippen LogP contribution in [0.15, 0.2) is 42.5 Å². The van der Waals surface area contributed by atoms with Crippen LogP contribution in [0.4, 0.5) is 4.39 Å². The van der Waals surface area contributed by atoms with Crippen molar-refractivity contribution in [3.8, 4) is 17.6 Å². The number of carbonyl (C=O) groups is 1. The SMILES string of the molecule is CC#CC(=O)N1CCc2c([nH]c3ccccc23)[C@@H]1c1ccc(F)c(OC)c1. The molecule has 1 aliphatic rings. The highest BCUT2D eigenvalue weighted by Gasteiger charge is 2.34. The van der Waals surface area contributed by atoms with E-state index in [1.165, 1.54) is 18.7 Å². The Labute approximate surface area is 156 Å². The van der Waals surface area contributed by atoms with Gasteiger partial charge in [0.1, 0.15) is 0 Å². The van der Waals surface area contributed by atoms with E-state index in [1.807, 2.05) is 18.2 Å².